The topological polar surface area (TPSA) is 9.23 Å². The molecule has 1 saturated heterocycles. The molecule has 2 rings (SSSR count). The zero-order chi connectivity index (χ0) is 13.3. The van der Waals surface area contributed by atoms with E-state index in [1.54, 1.807) is 0 Å². The first kappa shape index (κ1) is 14.3. The van der Waals surface area contributed by atoms with E-state index in [0.29, 0.717) is 0 Å². The van der Waals surface area contributed by atoms with Gasteiger partial charge in [-0.25, -0.2) is 0 Å². The van der Waals surface area contributed by atoms with Crippen LogP contribution in [0.25, 0.3) is 6.08 Å². The number of rotatable bonds is 6. The van der Waals surface area contributed by atoms with Gasteiger partial charge < -0.3 is 4.74 Å². The van der Waals surface area contributed by atoms with Crippen LogP contribution in [0.4, 0.5) is 0 Å². The minimum absolute atomic E-state index is 0.842. The summed E-state index contributed by atoms with van der Waals surface area (Å²) in [5, 5.41) is 0. The molecular formula is C18H26O. The van der Waals surface area contributed by atoms with Crippen LogP contribution < -0.4 is 0 Å². The fourth-order valence-corrected chi connectivity index (χ4v) is 3.05. The Hall–Kier alpha value is -1.08. The number of allylic oxidation sites excluding steroid dienone is 1. The minimum atomic E-state index is 0.842. The minimum Gasteiger partial charge on any atom is -0.381 e. The SMILES string of the molecule is CCCC(CC=Cc1ccccc1)C1CCOCC1. The van der Waals surface area contributed by atoms with Crippen LogP contribution in [-0.2, 0) is 4.74 Å². The van der Waals surface area contributed by atoms with Crippen LogP contribution in [0.2, 0.25) is 0 Å². The summed E-state index contributed by atoms with van der Waals surface area (Å²) in [6, 6.07) is 10.6. The lowest BCUT2D eigenvalue weighted by molar-refractivity contribution is 0.0453. The van der Waals surface area contributed by atoms with Gasteiger partial charge in [-0.2, -0.15) is 0 Å². The molecule has 0 aliphatic carbocycles. The molecule has 0 amide bonds. The molecule has 0 N–H and O–H groups in total. The Morgan fingerprint density at radius 2 is 1.95 bits per heavy atom. The quantitative estimate of drug-likeness (QED) is 0.702. The molecule has 1 aliphatic heterocycles. The van der Waals surface area contributed by atoms with Gasteiger partial charge in [0.15, 0.2) is 0 Å². The van der Waals surface area contributed by atoms with Gasteiger partial charge in [0.05, 0.1) is 0 Å². The van der Waals surface area contributed by atoms with Gasteiger partial charge >= 0.3 is 0 Å². The lowest BCUT2D eigenvalue weighted by atomic mass is 9.81. The fraction of sp³-hybridized carbons (Fsp3) is 0.556. The highest BCUT2D eigenvalue weighted by atomic mass is 16.5. The normalized spacial score (nSPS) is 18.8. The molecule has 1 heterocycles. The number of hydrogen-bond donors (Lipinski definition) is 0. The summed E-state index contributed by atoms with van der Waals surface area (Å²) in [5.41, 5.74) is 1.31. The summed E-state index contributed by atoms with van der Waals surface area (Å²) in [6.45, 7) is 4.23. The zero-order valence-corrected chi connectivity index (χ0v) is 12.1. The first-order valence-electron chi connectivity index (χ1n) is 7.69. The van der Waals surface area contributed by atoms with Crippen LogP contribution in [0, 0.1) is 11.8 Å². The molecule has 1 heteroatoms. The molecule has 19 heavy (non-hydrogen) atoms. The summed E-state index contributed by atoms with van der Waals surface area (Å²) >= 11 is 0. The number of ether oxygens (including phenoxy) is 1. The van der Waals surface area contributed by atoms with Gasteiger partial charge in [-0.05, 0) is 36.7 Å². The Balaban J connectivity index is 1.87. The fourth-order valence-electron chi connectivity index (χ4n) is 3.05. The Morgan fingerprint density at radius 1 is 1.21 bits per heavy atom. The lowest BCUT2D eigenvalue weighted by Crippen LogP contribution is -2.23. The number of benzene rings is 1. The molecule has 1 aliphatic rings. The lowest BCUT2D eigenvalue weighted by Gasteiger charge is -2.29. The van der Waals surface area contributed by atoms with Crippen LogP contribution >= 0.6 is 0 Å². The largest absolute Gasteiger partial charge is 0.381 e. The standard InChI is InChI=1S/C18H26O/c1-2-7-17(18-12-14-19-15-13-18)11-6-10-16-8-4-3-5-9-16/h3-6,8-10,17-18H,2,7,11-15H2,1H3. The molecule has 1 aromatic rings. The first-order valence-corrected chi connectivity index (χ1v) is 7.69. The predicted molar refractivity (Wildman–Crippen MR) is 82.0 cm³/mol. The van der Waals surface area contributed by atoms with Gasteiger partial charge in [0.1, 0.15) is 0 Å². The maximum atomic E-state index is 5.48. The van der Waals surface area contributed by atoms with E-state index in [2.05, 4.69) is 49.4 Å². The molecule has 0 bridgehead atoms. The van der Waals surface area contributed by atoms with Crippen molar-refractivity contribution in [3.63, 3.8) is 0 Å². The summed E-state index contributed by atoms with van der Waals surface area (Å²) < 4.78 is 5.48. The molecule has 0 spiro atoms. The summed E-state index contributed by atoms with van der Waals surface area (Å²) in [4.78, 5) is 0. The number of hydrogen-bond acceptors (Lipinski definition) is 1. The van der Waals surface area contributed by atoms with E-state index in [-0.39, 0.29) is 0 Å². The van der Waals surface area contributed by atoms with Gasteiger partial charge in [-0.3, -0.25) is 0 Å². The van der Waals surface area contributed by atoms with E-state index < -0.39 is 0 Å². The van der Waals surface area contributed by atoms with Crippen LogP contribution in [0.15, 0.2) is 36.4 Å². The van der Waals surface area contributed by atoms with Gasteiger partial charge in [-0.15, -0.1) is 0 Å². The second-order valence-corrected chi connectivity index (χ2v) is 5.55. The van der Waals surface area contributed by atoms with Gasteiger partial charge in [-0.1, -0.05) is 62.2 Å². The summed E-state index contributed by atoms with van der Waals surface area (Å²) in [7, 11) is 0. The van der Waals surface area contributed by atoms with Crippen molar-refractivity contribution in [1.29, 1.82) is 0 Å². The van der Waals surface area contributed by atoms with Crippen molar-refractivity contribution in [2.75, 3.05) is 13.2 Å². The molecule has 1 fully saturated rings. The van der Waals surface area contributed by atoms with E-state index in [1.165, 1.54) is 37.7 Å². The second-order valence-electron chi connectivity index (χ2n) is 5.55. The zero-order valence-electron chi connectivity index (χ0n) is 12.1. The Kier molecular flexibility index (Phi) is 6.16. The Morgan fingerprint density at radius 3 is 2.63 bits per heavy atom. The van der Waals surface area contributed by atoms with Crippen LogP contribution in [-0.4, -0.2) is 13.2 Å². The second kappa shape index (κ2) is 8.16. The third kappa shape index (κ3) is 4.83. The maximum absolute atomic E-state index is 5.48. The monoisotopic (exact) mass is 258 g/mol. The molecule has 1 atom stereocenters. The van der Waals surface area contributed by atoms with E-state index in [9.17, 15) is 0 Å². The van der Waals surface area contributed by atoms with E-state index >= 15 is 0 Å². The molecular weight excluding hydrogens is 232 g/mol. The maximum Gasteiger partial charge on any atom is 0.0468 e. The highest BCUT2D eigenvalue weighted by Crippen LogP contribution is 2.30. The first-order chi connectivity index (χ1) is 9.40. The molecule has 1 unspecified atom stereocenters. The third-order valence-electron chi connectivity index (χ3n) is 4.14. The Bertz CT molecular complexity index is 363. The average molecular weight is 258 g/mol. The van der Waals surface area contributed by atoms with Crippen molar-refractivity contribution >= 4 is 6.08 Å². The molecule has 104 valence electrons. The molecule has 0 radical (unpaired) electrons. The molecule has 1 aromatic carbocycles. The van der Waals surface area contributed by atoms with Crippen LogP contribution in [0.5, 0.6) is 0 Å². The van der Waals surface area contributed by atoms with E-state index in [0.717, 1.165) is 25.0 Å². The average Bonchev–Trinajstić information content (AvgIpc) is 2.48. The van der Waals surface area contributed by atoms with E-state index in [1.807, 2.05) is 0 Å². The molecule has 1 nitrogen and oxygen atoms in total. The van der Waals surface area contributed by atoms with Crippen molar-refractivity contribution < 1.29 is 4.74 Å². The van der Waals surface area contributed by atoms with Gasteiger partial charge in [0, 0.05) is 13.2 Å². The highest BCUT2D eigenvalue weighted by molar-refractivity contribution is 5.48. The van der Waals surface area contributed by atoms with Gasteiger partial charge in [0.25, 0.3) is 0 Å². The van der Waals surface area contributed by atoms with Crippen molar-refractivity contribution in [2.45, 2.75) is 39.0 Å². The van der Waals surface area contributed by atoms with Crippen molar-refractivity contribution in [3.05, 3.63) is 42.0 Å². The van der Waals surface area contributed by atoms with Crippen LogP contribution in [0.1, 0.15) is 44.6 Å². The van der Waals surface area contributed by atoms with Crippen molar-refractivity contribution in [1.82, 2.24) is 0 Å². The third-order valence-corrected chi connectivity index (χ3v) is 4.14. The highest BCUT2D eigenvalue weighted by Gasteiger charge is 2.22. The molecule has 0 saturated carbocycles. The smallest absolute Gasteiger partial charge is 0.0468 e. The summed E-state index contributed by atoms with van der Waals surface area (Å²) in [5.74, 6) is 1.71. The van der Waals surface area contributed by atoms with Crippen LogP contribution in [0.3, 0.4) is 0 Å². The Labute approximate surface area is 117 Å². The van der Waals surface area contributed by atoms with Gasteiger partial charge in [0.2, 0.25) is 0 Å². The predicted octanol–water partition coefficient (Wildman–Crippen LogP) is 4.93. The van der Waals surface area contributed by atoms with Crippen molar-refractivity contribution in [2.24, 2.45) is 11.8 Å². The van der Waals surface area contributed by atoms with Crippen molar-refractivity contribution in [3.8, 4) is 0 Å². The van der Waals surface area contributed by atoms with E-state index in [4.69, 9.17) is 4.74 Å². The summed E-state index contributed by atoms with van der Waals surface area (Å²) in [6.07, 6.45) is 11.0. The molecule has 0 aromatic heterocycles.